The Balaban J connectivity index is 2.51. The SMILES string of the molecule is CC/C(=C\Cc1c(CC)c(C)c2c(c1OCC[Si](C)(C)C)C(=O)OC2)CP(=O)(OC)OC. The van der Waals surface area contributed by atoms with Crippen molar-refractivity contribution < 1.29 is 27.9 Å². The monoisotopic (exact) mass is 482 g/mol. The molecular weight excluding hydrogens is 443 g/mol. The minimum absolute atomic E-state index is 0.246. The van der Waals surface area contributed by atoms with E-state index in [9.17, 15) is 9.36 Å². The van der Waals surface area contributed by atoms with Gasteiger partial charge in [-0.25, -0.2) is 4.79 Å². The standard InChI is InChI=1S/C24H39O6PSi/c1-9-18(16-31(26,27-4)28-5)11-12-20-19(10-2)17(3)21-15-30-24(25)22(21)23(20)29-13-14-32(6,7)8/h11H,9-10,12-16H2,1-8H3/b18-11+. The van der Waals surface area contributed by atoms with E-state index in [4.69, 9.17) is 18.5 Å². The summed E-state index contributed by atoms with van der Waals surface area (Å²) in [5.74, 6) is 0.356. The van der Waals surface area contributed by atoms with E-state index in [1.165, 1.54) is 19.8 Å². The van der Waals surface area contributed by atoms with Crippen molar-refractivity contribution in [1.29, 1.82) is 0 Å². The summed E-state index contributed by atoms with van der Waals surface area (Å²) in [5, 5.41) is 0. The number of fused-ring (bicyclic) bond motifs is 1. The summed E-state index contributed by atoms with van der Waals surface area (Å²) in [5.41, 5.74) is 5.84. The Kier molecular flexibility index (Phi) is 9.35. The van der Waals surface area contributed by atoms with Gasteiger partial charge in [-0.3, -0.25) is 4.57 Å². The van der Waals surface area contributed by atoms with E-state index in [-0.39, 0.29) is 12.1 Å². The van der Waals surface area contributed by atoms with Crippen molar-refractivity contribution in [3.63, 3.8) is 0 Å². The number of carbonyl (C=O) groups excluding carboxylic acids is 1. The third kappa shape index (κ3) is 6.34. The molecule has 0 aliphatic carbocycles. The molecule has 32 heavy (non-hydrogen) atoms. The second-order valence-electron chi connectivity index (χ2n) is 9.41. The van der Waals surface area contributed by atoms with Crippen LogP contribution in [0, 0.1) is 6.92 Å². The number of esters is 1. The molecule has 0 bridgehead atoms. The highest BCUT2D eigenvalue weighted by molar-refractivity contribution is 7.54. The quantitative estimate of drug-likeness (QED) is 0.150. The van der Waals surface area contributed by atoms with Gasteiger partial charge < -0.3 is 18.5 Å². The summed E-state index contributed by atoms with van der Waals surface area (Å²) in [7, 11) is -1.62. The molecule has 1 aromatic rings. The molecule has 0 unspecified atom stereocenters. The largest absolute Gasteiger partial charge is 0.493 e. The summed E-state index contributed by atoms with van der Waals surface area (Å²) >= 11 is 0. The molecule has 1 aromatic carbocycles. The maximum absolute atomic E-state index is 12.6. The van der Waals surface area contributed by atoms with E-state index in [1.807, 2.05) is 6.92 Å². The molecule has 0 amide bonds. The molecule has 1 heterocycles. The molecule has 1 aliphatic heterocycles. The second kappa shape index (κ2) is 11.1. The molecule has 6 nitrogen and oxygen atoms in total. The predicted molar refractivity (Wildman–Crippen MR) is 132 cm³/mol. The molecule has 8 heteroatoms. The Morgan fingerprint density at radius 3 is 2.34 bits per heavy atom. The van der Waals surface area contributed by atoms with Crippen molar-refractivity contribution in [3.8, 4) is 5.75 Å². The summed E-state index contributed by atoms with van der Waals surface area (Å²) in [4.78, 5) is 12.6. The van der Waals surface area contributed by atoms with E-state index in [1.54, 1.807) is 0 Å². The summed E-state index contributed by atoms with van der Waals surface area (Å²) in [6, 6.07) is 1.01. The van der Waals surface area contributed by atoms with Gasteiger partial charge in [0.15, 0.2) is 0 Å². The van der Waals surface area contributed by atoms with Crippen LogP contribution in [0.25, 0.3) is 0 Å². The molecule has 0 saturated heterocycles. The van der Waals surface area contributed by atoms with Gasteiger partial charge >= 0.3 is 13.6 Å². The normalized spacial score (nSPS) is 14.5. The van der Waals surface area contributed by atoms with Crippen molar-refractivity contribution in [2.24, 2.45) is 0 Å². The van der Waals surface area contributed by atoms with E-state index < -0.39 is 15.7 Å². The summed E-state index contributed by atoms with van der Waals surface area (Å²) < 4.78 is 34.6. The number of ether oxygens (including phenoxy) is 2. The van der Waals surface area contributed by atoms with Crippen LogP contribution in [0.1, 0.15) is 52.9 Å². The smallest absolute Gasteiger partial charge is 0.342 e. The number of cyclic esters (lactones) is 1. The second-order valence-corrected chi connectivity index (χ2v) is 17.3. The molecule has 0 fully saturated rings. The van der Waals surface area contributed by atoms with E-state index in [0.29, 0.717) is 30.9 Å². The van der Waals surface area contributed by atoms with Crippen molar-refractivity contribution in [2.45, 2.75) is 72.3 Å². The minimum atomic E-state index is -3.14. The van der Waals surface area contributed by atoms with E-state index in [2.05, 4.69) is 39.6 Å². The van der Waals surface area contributed by atoms with Gasteiger partial charge in [0.25, 0.3) is 0 Å². The zero-order valence-corrected chi connectivity index (χ0v) is 22.8. The number of rotatable bonds is 12. The van der Waals surface area contributed by atoms with E-state index >= 15 is 0 Å². The molecule has 0 radical (unpaired) electrons. The number of hydrogen-bond acceptors (Lipinski definition) is 6. The lowest BCUT2D eigenvalue weighted by Gasteiger charge is -2.22. The third-order valence-electron chi connectivity index (χ3n) is 6.08. The Bertz CT molecular complexity index is 908. The molecule has 0 spiro atoms. The fraction of sp³-hybridized carbons (Fsp3) is 0.625. The van der Waals surface area contributed by atoms with Crippen LogP contribution in [-0.4, -0.2) is 41.0 Å². The fourth-order valence-corrected chi connectivity index (χ4v) is 5.93. The van der Waals surface area contributed by atoms with E-state index in [0.717, 1.165) is 41.1 Å². The lowest BCUT2D eigenvalue weighted by molar-refractivity contribution is 0.0532. The number of benzene rings is 1. The van der Waals surface area contributed by atoms with Crippen LogP contribution in [0.4, 0.5) is 0 Å². The lowest BCUT2D eigenvalue weighted by atomic mass is 9.89. The van der Waals surface area contributed by atoms with Gasteiger partial charge in [0.05, 0.1) is 12.8 Å². The zero-order chi connectivity index (χ0) is 24.1. The lowest BCUT2D eigenvalue weighted by Crippen LogP contribution is -2.23. The maximum Gasteiger partial charge on any atom is 0.342 e. The third-order valence-corrected chi connectivity index (χ3v) is 9.69. The first-order valence-corrected chi connectivity index (χ1v) is 16.8. The minimum Gasteiger partial charge on any atom is -0.493 e. The highest BCUT2D eigenvalue weighted by Crippen LogP contribution is 2.48. The van der Waals surface area contributed by atoms with Gasteiger partial charge in [0.2, 0.25) is 0 Å². The first-order valence-electron chi connectivity index (χ1n) is 11.4. The average Bonchev–Trinajstić information content (AvgIpc) is 3.13. The van der Waals surface area contributed by atoms with Gasteiger partial charge in [0.1, 0.15) is 17.9 Å². The number of allylic oxidation sites excluding steroid dienone is 2. The Morgan fingerprint density at radius 1 is 1.16 bits per heavy atom. The van der Waals surface area contributed by atoms with Gasteiger partial charge in [-0.2, -0.15) is 0 Å². The van der Waals surface area contributed by atoms with Crippen molar-refractivity contribution in [3.05, 3.63) is 39.5 Å². The van der Waals surface area contributed by atoms with Crippen LogP contribution in [0.2, 0.25) is 25.7 Å². The average molecular weight is 483 g/mol. The topological polar surface area (TPSA) is 71.1 Å². The van der Waals surface area contributed by atoms with Crippen LogP contribution in [0.3, 0.4) is 0 Å². The first-order chi connectivity index (χ1) is 15.0. The highest BCUT2D eigenvalue weighted by atomic mass is 31.2. The van der Waals surface area contributed by atoms with Crippen molar-refractivity contribution >= 4 is 21.6 Å². The Labute approximate surface area is 194 Å². The molecule has 0 aromatic heterocycles. The number of carbonyl (C=O) groups is 1. The molecule has 180 valence electrons. The molecule has 0 atom stereocenters. The maximum atomic E-state index is 12.6. The summed E-state index contributed by atoms with van der Waals surface area (Å²) in [6.07, 6.45) is 4.47. The van der Waals surface area contributed by atoms with Crippen LogP contribution in [-0.2, 0) is 37.8 Å². The number of hydrogen-bond donors (Lipinski definition) is 0. The van der Waals surface area contributed by atoms with Gasteiger partial charge in [-0.1, -0.05) is 45.1 Å². The molecule has 0 saturated carbocycles. The zero-order valence-electron chi connectivity index (χ0n) is 20.9. The van der Waals surface area contributed by atoms with Gasteiger partial charge in [-0.15, -0.1) is 0 Å². The fourth-order valence-electron chi connectivity index (χ4n) is 3.96. The Morgan fingerprint density at radius 2 is 1.81 bits per heavy atom. The molecule has 0 N–H and O–H groups in total. The van der Waals surface area contributed by atoms with Gasteiger partial charge in [0, 0.05) is 33.4 Å². The predicted octanol–water partition coefficient (Wildman–Crippen LogP) is 6.31. The Hall–Kier alpha value is -1.40. The van der Waals surface area contributed by atoms with Crippen LogP contribution in [0.15, 0.2) is 11.6 Å². The van der Waals surface area contributed by atoms with Crippen molar-refractivity contribution in [2.75, 3.05) is 27.0 Å². The van der Waals surface area contributed by atoms with Crippen molar-refractivity contribution in [1.82, 2.24) is 0 Å². The first kappa shape index (κ1) is 26.8. The summed E-state index contributed by atoms with van der Waals surface area (Å²) in [6.45, 7) is 14.0. The van der Waals surface area contributed by atoms with Crippen LogP contribution in [0.5, 0.6) is 5.75 Å². The van der Waals surface area contributed by atoms with Gasteiger partial charge in [-0.05, 0) is 43.4 Å². The molecule has 1 aliphatic rings. The highest BCUT2D eigenvalue weighted by Gasteiger charge is 2.32. The molecular formula is C24H39O6PSi. The van der Waals surface area contributed by atoms with Crippen LogP contribution < -0.4 is 4.74 Å². The van der Waals surface area contributed by atoms with Crippen LogP contribution >= 0.6 is 7.60 Å². The molecule has 2 rings (SSSR count).